The maximum atomic E-state index is 11.6. The summed E-state index contributed by atoms with van der Waals surface area (Å²) < 4.78 is 0. The van der Waals surface area contributed by atoms with Gasteiger partial charge in [-0.2, -0.15) is 0 Å². The van der Waals surface area contributed by atoms with E-state index in [4.69, 9.17) is 6.92 Å². The molecule has 0 fully saturated rings. The summed E-state index contributed by atoms with van der Waals surface area (Å²) in [6.45, 7) is 5.61. The average molecular weight is 187 g/mol. The van der Waals surface area contributed by atoms with Crippen LogP contribution in [-0.2, 0) is 0 Å². The number of imide groups is 1. The minimum atomic E-state index is -0.240. The molecule has 2 rings (SSSR count). The predicted molar refractivity (Wildman–Crippen MR) is 50.7 cm³/mol. The fourth-order valence-corrected chi connectivity index (χ4v) is 1.57. The zero-order chi connectivity index (χ0) is 10.1. The quantitative estimate of drug-likeness (QED) is 0.656. The van der Waals surface area contributed by atoms with Crippen molar-refractivity contribution in [1.29, 1.82) is 0 Å². The summed E-state index contributed by atoms with van der Waals surface area (Å²) in [4.78, 5) is 24.5. The SMILES string of the molecule is [CH]CCN1C(=O)c2ccccc2C1=O. The highest BCUT2D eigenvalue weighted by Gasteiger charge is 2.33. The van der Waals surface area contributed by atoms with Crippen LogP contribution in [0.3, 0.4) is 0 Å². The van der Waals surface area contributed by atoms with Crippen LogP contribution in [0.4, 0.5) is 0 Å². The summed E-state index contributed by atoms with van der Waals surface area (Å²) in [6.07, 6.45) is 0.297. The van der Waals surface area contributed by atoms with Crippen LogP contribution in [-0.4, -0.2) is 23.3 Å². The lowest BCUT2D eigenvalue weighted by Crippen LogP contribution is -2.30. The zero-order valence-electron chi connectivity index (χ0n) is 7.56. The Hall–Kier alpha value is -1.64. The first-order valence-corrected chi connectivity index (χ1v) is 4.41. The first kappa shape index (κ1) is 8.94. The van der Waals surface area contributed by atoms with E-state index in [0.717, 1.165) is 0 Å². The molecule has 70 valence electrons. The van der Waals surface area contributed by atoms with Gasteiger partial charge in [-0.25, -0.2) is 0 Å². The van der Waals surface area contributed by atoms with E-state index in [9.17, 15) is 9.59 Å². The molecule has 14 heavy (non-hydrogen) atoms. The van der Waals surface area contributed by atoms with E-state index in [1.54, 1.807) is 24.3 Å². The van der Waals surface area contributed by atoms with E-state index in [-0.39, 0.29) is 18.4 Å². The molecule has 1 aliphatic heterocycles. The van der Waals surface area contributed by atoms with Gasteiger partial charge < -0.3 is 0 Å². The fourth-order valence-electron chi connectivity index (χ4n) is 1.57. The first-order valence-electron chi connectivity index (χ1n) is 4.41. The van der Waals surface area contributed by atoms with Crippen LogP contribution in [0.15, 0.2) is 24.3 Å². The molecule has 0 aliphatic carbocycles. The summed E-state index contributed by atoms with van der Waals surface area (Å²) >= 11 is 0. The number of carbonyl (C=O) groups excluding carboxylic acids is 2. The number of hydrogen-bond acceptors (Lipinski definition) is 2. The van der Waals surface area contributed by atoms with Gasteiger partial charge in [-0.05, 0) is 25.5 Å². The Balaban J connectivity index is 2.43. The molecular weight excluding hydrogens is 178 g/mol. The van der Waals surface area contributed by atoms with Gasteiger partial charge >= 0.3 is 0 Å². The number of benzene rings is 1. The minimum absolute atomic E-state index is 0.240. The fraction of sp³-hybridized carbons (Fsp3) is 0.182. The van der Waals surface area contributed by atoms with Gasteiger partial charge in [0.1, 0.15) is 0 Å². The number of hydrogen-bond donors (Lipinski definition) is 0. The van der Waals surface area contributed by atoms with Gasteiger partial charge in [0.15, 0.2) is 0 Å². The Kier molecular flexibility index (Phi) is 2.08. The highest BCUT2D eigenvalue weighted by molar-refractivity contribution is 6.21. The minimum Gasteiger partial charge on any atom is -0.274 e. The molecule has 0 bridgehead atoms. The number of rotatable bonds is 2. The molecule has 0 unspecified atom stereocenters. The zero-order valence-corrected chi connectivity index (χ0v) is 7.56. The van der Waals surface area contributed by atoms with Gasteiger partial charge in [-0.3, -0.25) is 14.5 Å². The van der Waals surface area contributed by atoms with Gasteiger partial charge in [0.2, 0.25) is 0 Å². The van der Waals surface area contributed by atoms with Gasteiger partial charge in [0.05, 0.1) is 11.1 Å². The first-order chi connectivity index (χ1) is 6.75. The maximum Gasteiger partial charge on any atom is 0.261 e. The Morgan fingerprint density at radius 1 is 1.07 bits per heavy atom. The van der Waals surface area contributed by atoms with Crippen molar-refractivity contribution in [2.24, 2.45) is 0 Å². The highest BCUT2D eigenvalue weighted by atomic mass is 16.2. The summed E-state index contributed by atoms with van der Waals surface area (Å²) in [7, 11) is 0. The summed E-state index contributed by atoms with van der Waals surface area (Å²) in [6, 6.07) is 6.81. The number of carbonyl (C=O) groups is 2. The topological polar surface area (TPSA) is 37.4 Å². The molecule has 0 atom stereocenters. The van der Waals surface area contributed by atoms with Gasteiger partial charge in [0.25, 0.3) is 11.8 Å². The summed E-state index contributed by atoms with van der Waals surface area (Å²) in [5.74, 6) is -0.480. The largest absolute Gasteiger partial charge is 0.274 e. The molecule has 3 heteroatoms. The molecule has 0 N–H and O–H groups in total. The van der Waals surface area contributed by atoms with E-state index in [2.05, 4.69) is 0 Å². The van der Waals surface area contributed by atoms with Crippen LogP contribution in [0.25, 0.3) is 0 Å². The van der Waals surface area contributed by atoms with Crippen LogP contribution in [0.2, 0.25) is 0 Å². The van der Waals surface area contributed by atoms with Crippen molar-refractivity contribution in [2.45, 2.75) is 6.42 Å². The number of amides is 2. The van der Waals surface area contributed by atoms with Crippen molar-refractivity contribution in [2.75, 3.05) is 6.54 Å². The van der Waals surface area contributed by atoms with Crippen molar-refractivity contribution in [3.8, 4) is 0 Å². The Morgan fingerprint density at radius 3 is 2.00 bits per heavy atom. The van der Waals surface area contributed by atoms with E-state index < -0.39 is 0 Å². The number of nitrogens with zero attached hydrogens (tertiary/aromatic N) is 1. The standard InChI is InChI=1S/C11H9NO2/c1-2-7-12-10(13)8-5-3-4-6-9(8)11(12)14/h1,3-6H,2,7H2. The van der Waals surface area contributed by atoms with Crippen molar-refractivity contribution in [1.82, 2.24) is 4.90 Å². The van der Waals surface area contributed by atoms with Crippen LogP contribution >= 0.6 is 0 Å². The second-order valence-electron chi connectivity index (χ2n) is 3.10. The molecule has 1 aromatic carbocycles. The molecule has 1 aliphatic rings. The Bertz CT molecular complexity index is 363. The van der Waals surface area contributed by atoms with Crippen molar-refractivity contribution < 1.29 is 9.59 Å². The maximum absolute atomic E-state index is 11.6. The lowest BCUT2D eigenvalue weighted by atomic mass is 10.1. The third-order valence-electron chi connectivity index (χ3n) is 2.23. The van der Waals surface area contributed by atoms with Crippen LogP contribution in [0, 0.1) is 6.92 Å². The second-order valence-corrected chi connectivity index (χ2v) is 3.10. The molecule has 0 aromatic heterocycles. The molecule has 0 saturated heterocycles. The highest BCUT2D eigenvalue weighted by Crippen LogP contribution is 2.22. The molecule has 0 spiro atoms. The smallest absolute Gasteiger partial charge is 0.261 e. The van der Waals surface area contributed by atoms with E-state index in [1.807, 2.05) is 0 Å². The average Bonchev–Trinajstić information content (AvgIpc) is 2.45. The monoisotopic (exact) mass is 187 g/mol. The molecule has 1 aromatic rings. The second kappa shape index (κ2) is 3.25. The lowest BCUT2D eigenvalue weighted by Gasteiger charge is -2.10. The molecule has 1 heterocycles. The molecular formula is C11H9NO2. The summed E-state index contributed by atoms with van der Waals surface area (Å²) in [5.41, 5.74) is 0.955. The summed E-state index contributed by atoms with van der Waals surface area (Å²) in [5, 5.41) is 0. The molecule has 2 radical (unpaired) electrons. The Morgan fingerprint density at radius 2 is 1.57 bits per heavy atom. The molecule has 3 nitrogen and oxygen atoms in total. The normalized spacial score (nSPS) is 14.8. The van der Waals surface area contributed by atoms with Gasteiger partial charge in [-0.1, -0.05) is 12.1 Å². The predicted octanol–water partition coefficient (Wildman–Crippen LogP) is 1.38. The molecule has 0 saturated carbocycles. The van der Waals surface area contributed by atoms with Crippen LogP contribution in [0.1, 0.15) is 27.1 Å². The Labute approximate surface area is 82.3 Å². The van der Waals surface area contributed by atoms with E-state index in [0.29, 0.717) is 17.5 Å². The third-order valence-corrected chi connectivity index (χ3v) is 2.23. The number of fused-ring (bicyclic) bond motifs is 1. The van der Waals surface area contributed by atoms with Crippen molar-refractivity contribution in [3.05, 3.63) is 42.3 Å². The lowest BCUT2D eigenvalue weighted by molar-refractivity contribution is 0.0657. The molecule has 2 amide bonds. The van der Waals surface area contributed by atoms with Crippen LogP contribution < -0.4 is 0 Å². The third kappa shape index (κ3) is 1.13. The van der Waals surface area contributed by atoms with Crippen molar-refractivity contribution in [3.63, 3.8) is 0 Å². The van der Waals surface area contributed by atoms with Gasteiger partial charge in [-0.15, -0.1) is 0 Å². The van der Waals surface area contributed by atoms with E-state index in [1.165, 1.54) is 4.90 Å². The van der Waals surface area contributed by atoms with Gasteiger partial charge in [0, 0.05) is 6.54 Å². The van der Waals surface area contributed by atoms with Crippen LogP contribution in [0.5, 0.6) is 0 Å². The van der Waals surface area contributed by atoms with Crippen molar-refractivity contribution >= 4 is 11.8 Å². The van der Waals surface area contributed by atoms with E-state index >= 15 is 0 Å².